The van der Waals surface area contributed by atoms with E-state index in [0.717, 1.165) is 12.1 Å². The van der Waals surface area contributed by atoms with Crippen molar-refractivity contribution < 1.29 is 17.7 Å². The smallest absolute Gasteiger partial charge is 0.293 e. The molecule has 0 heterocycles. The molecule has 1 aromatic carbocycles. The second-order valence-corrected chi connectivity index (χ2v) is 7.03. The molecule has 0 aromatic heterocycles. The first kappa shape index (κ1) is 15.8. The minimum atomic E-state index is -3.18. The number of sulfone groups is 1. The Bertz CT molecular complexity index is 591. The number of benzene rings is 1. The van der Waals surface area contributed by atoms with Crippen molar-refractivity contribution in [2.45, 2.75) is 6.92 Å². The normalized spacial score (nSPS) is 11.3. The van der Waals surface area contributed by atoms with Crippen LogP contribution in [0.1, 0.15) is 6.92 Å². The average molecular weight is 355 g/mol. The van der Waals surface area contributed by atoms with Gasteiger partial charge in [0.2, 0.25) is 0 Å². The molecule has 0 amide bonds. The van der Waals surface area contributed by atoms with Gasteiger partial charge in [-0.15, -0.1) is 0 Å². The van der Waals surface area contributed by atoms with Gasteiger partial charge < -0.3 is 5.32 Å². The third-order valence-corrected chi connectivity index (χ3v) is 4.72. The Morgan fingerprint density at radius 1 is 1.47 bits per heavy atom. The number of anilines is 1. The molecule has 9 heteroatoms. The molecule has 19 heavy (non-hydrogen) atoms. The lowest BCUT2D eigenvalue weighted by molar-refractivity contribution is -0.384. The molecule has 0 bridgehead atoms. The van der Waals surface area contributed by atoms with Gasteiger partial charge in [-0.1, -0.05) is 6.92 Å². The molecule has 1 rings (SSSR count). The molecule has 106 valence electrons. The quantitative estimate of drug-likeness (QED) is 0.625. The Morgan fingerprint density at radius 2 is 2.11 bits per heavy atom. The number of hydrogen-bond acceptors (Lipinski definition) is 5. The summed E-state index contributed by atoms with van der Waals surface area (Å²) >= 11 is 2.86. The van der Waals surface area contributed by atoms with Crippen LogP contribution in [0.2, 0.25) is 0 Å². The van der Waals surface area contributed by atoms with E-state index in [1.54, 1.807) is 0 Å². The summed E-state index contributed by atoms with van der Waals surface area (Å²) in [4.78, 5) is 10.1. The Hall–Kier alpha value is -1.22. The molecule has 1 aromatic rings. The van der Waals surface area contributed by atoms with E-state index >= 15 is 0 Å². The minimum Gasteiger partial charge on any atom is -0.378 e. The van der Waals surface area contributed by atoms with Crippen LogP contribution >= 0.6 is 15.9 Å². The number of nitrogens with one attached hydrogen (secondary N) is 1. The van der Waals surface area contributed by atoms with Gasteiger partial charge in [0.05, 0.1) is 15.1 Å². The second kappa shape index (κ2) is 6.29. The second-order valence-electron chi connectivity index (χ2n) is 3.70. The first-order chi connectivity index (χ1) is 8.76. The molecule has 0 fully saturated rings. The van der Waals surface area contributed by atoms with Crippen molar-refractivity contribution in [2.75, 3.05) is 23.4 Å². The topological polar surface area (TPSA) is 89.3 Å². The maximum atomic E-state index is 13.3. The van der Waals surface area contributed by atoms with Crippen molar-refractivity contribution >= 4 is 37.1 Å². The van der Waals surface area contributed by atoms with E-state index < -0.39 is 20.6 Å². The van der Waals surface area contributed by atoms with Crippen LogP contribution in [0.25, 0.3) is 0 Å². The summed E-state index contributed by atoms with van der Waals surface area (Å²) in [5, 5.41) is 13.4. The molecule has 0 unspecified atom stereocenters. The summed E-state index contributed by atoms with van der Waals surface area (Å²) < 4.78 is 35.8. The molecule has 6 nitrogen and oxygen atoms in total. The van der Waals surface area contributed by atoms with Crippen LogP contribution < -0.4 is 5.32 Å². The van der Waals surface area contributed by atoms with Crippen LogP contribution in [0.15, 0.2) is 16.6 Å². The van der Waals surface area contributed by atoms with Gasteiger partial charge in [0.1, 0.15) is 11.5 Å². The highest BCUT2D eigenvalue weighted by atomic mass is 79.9. The highest BCUT2D eigenvalue weighted by molar-refractivity contribution is 9.10. The largest absolute Gasteiger partial charge is 0.378 e. The van der Waals surface area contributed by atoms with Crippen LogP contribution in [0.3, 0.4) is 0 Å². The molecule has 0 aliphatic carbocycles. The van der Waals surface area contributed by atoms with Gasteiger partial charge in [0, 0.05) is 24.4 Å². The zero-order valence-corrected chi connectivity index (χ0v) is 12.4. The first-order valence-corrected chi connectivity index (χ1v) is 7.96. The predicted octanol–water partition coefficient (Wildman–Crippen LogP) is 2.34. The predicted molar refractivity (Wildman–Crippen MR) is 73.6 cm³/mol. The van der Waals surface area contributed by atoms with Crippen LogP contribution in [-0.4, -0.2) is 31.4 Å². The van der Waals surface area contributed by atoms with Crippen molar-refractivity contribution in [2.24, 2.45) is 0 Å². The fraction of sp³-hybridized carbons (Fsp3) is 0.400. The molecular weight excluding hydrogens is 343 g/mol. The average Bonchev–Trinajstić information content (AvgIpc) is 2.32. The van der Waals surface area contributed by atoms with Crippen molar-refractivity contribution in [1.82, 2.24) is 0 Å². The molecule has 0 radical (unpaired) electrons. The third-order valence-electron chi connectivity index (χ3n) is 2.40. The molecular formula is C10H12BrFN2O4S. The zero-order valence-electron chi connectivity index (χ0n) is 10.0. The Balaban J connectivity index is 2.89. The number of halogens is 2. The van der Waals surface area contributed by atoms with E-state index in [2.05, 4.69) is 21.2 Å². The first-order valence-electron chi connectivity index (χ1n) is 5.34. The molecule has 0 saturated carbocycles. The monoisotopic (exact) mass is 354 g/mol. The summed E-state index contributed by atoms with van der Waals surface area (Å²) in [7, 11) is -3.18. The van der Waals surface area contributed by atoms with E-state index in [1.165, 1.54) is 6.92 Å². The maximum absolute atomic E-state index is 13.3. The fourth-order valence-electron chi connectivity index (χ4n) is 1.31. The standard InChI is InChI=1S/C10H12BrFN2O4S/c1-2-19(17,18)4-3-13-9-6-8(12)7(11)5-10(9)14(15)16/h5-6,13H,2-4H2,1H3. The summed E-state index contributed by atoms with van der Waals surface area (Å²) in [6.07, 6.45) is 0. The molecule has 0 aliphatic heterocycles. The molecule has 0 spiro atoms. The van der Waals surface area contributed by atoms with Crippen molar-refractivity contribution in [1.29, 1.82) is 0 Å². The van der Waals surface area contributed by atoms with E-state index in [1.807, 2.05) is 0 Å². The van der Waals surface area contributed by atoms with Crippen LogP contribution in [0.4, 0.5) is 15.8 Å². The SMILES string of the molecule is CCS(=O)(=O)CCNc1cc(F)c(Br)cc1[N+](=O)[O-]. The third kappa shape index (κ3) is 4.43. The lowest BCUT2D eigenvalue weighted by atomic mass is 10.2. The van der Waals surface area contributed by atoms with Crippen LogP contribution in [0.5, 0.6) is 0 Å². The number of nitrogens with zero attached hydrogens (tertiary/aromatic N) is 1. The number of rotatable bonds is 6. The van der Waals surface area contributed by atoms with E-state index in [0.29, 0.717) is 0 Å². The number of nitro groups is 1. The van der Waals surface area contributed by atoms with Gasteiger partial charge in [0.25, 0.3) is 5.69 Å². The summed E-state index contributed by atoms with van der Waals surface area (Å²) in [6, 6.07) is 1.99. The van der Waals surface area contributed by atoms with Gasteiger partial charge in [-0.05, 0) is 15.9 Å². The summed E-state index contributed by atoms with van der Waals surface area (Å²) in [5.74, 6) is -0.837. The summed E-state index contributed by atoms with van der Waals surface area (Å²) in [5.41, 5.74) is -0.362. The van der Waals surface area contributed by atoms with Gasteiger partial charge in [0.15, 0.2) is 9.84 Å². The minimum absolute atomic E-state index is 0.00846. The maximum Gasteiger partial charge on any atom is 0.293 e. The van der Waals surface area contributed by atoms with Crippen molar-refractivity contribution in [3.05, 3.63) is 32.5 Å². The Labute approximate surface area is 118 Å². The lowest BCUT2D eigenvalue weighted by Gasteiger charge is -2.08. The lowest BCUT2D eigenvalue weighted by Crippen LogP contribution is -2.17. The fourth-order valence-corrected chi connectivity index (χ4v) is 2.35. The zero-order chi connectivity index (χ0) is 14.6. The molecule has 1 N–H and O–H groups in total. The van der Waals surface area contributed by atoms with E-state index in [-0.39, 0.29) is 33.9 Å². The van der Waals surface area contributed by atoms with Gasteiger partial charge in [-0.2, -0.15) is 0 Å². The van der Waals surface area contributed by atoms with Crippen molar-refractivity contribution in [3.8, 4) is 0 Å². The van der Waals surface area contributed by atoms with E-state index in [9.17, 15) is 22.9 Å². The molecule has 0 saturated heterocycles. The van der Waals surface area contributed by atoms with Crippen molar-refractivity contribution in [3.63, 3.8) is 0 Å². The Kier molecular flexibility index (Phi) is 5.24. The Morgan fingerprint density at radius 3 is 2.63 bits per heavy atom. The van der Waals surface area contributed by atoms with Crippen LogP contribution in [0, 0.1) is 15.9 Å². The van der Waals surface area contributed by atoms with E-state index in [4.69, 9.17) is 0 Å². The highest BCUT2D eigenvalue weighted by Crippen LogP contribution is 2.30. The van der Waals surface area contributed by atoms with Gasteiger partial charge in [-0.25, -0.2) is 12.8 Å². The molecule has 0 atom stereocenters. The number of nitro benzene ring substituents is 1. The van der Waals surface area contributed by atoms with Crippen LogP contribution in [-0.2, 0) is 9.84 Å². The van der Waals surface area contributed by atoms with Gasteiger partial charge in [-0.3, -0.25) is 10.1 Å². The highest BCUT2D eigenvalue weighted by Gasteiger charge is 2.18. The number of hydrogen-bond donors (Lipinski definition) is 1. The molecule has 0 aliphatic rings. The summed E-state index contributed by atoms with van der Waals surface area (Å²) in [6.45, 7) is 1.50. The van der Waals surface area contributed by atoms with Gasteiger partial charge >= 0.3 is 0 Å².